The van der Waals surface area contributed by atoms with Gasteiger partial charge >= 0.3 is 0 Å². The van der Waals surface area contributed by atoms with Gasteiger partial charge in [-0.2, -0.15) is 5.10 Å². The lowest BCUT2D eigenvalue weighted by Gasteiger charge is -2.24. The van der Waals surface area contributed by atoms with E-state index in [1.807, 2.05) is 17.8 Å². The van der Waals surface area contributed by atoms with Crippen molar-refractivity contribution in [2.45, 2.75) is 32.7 Å². The summed E-state index contributed by atoms with van der Waals surface area (Å²) in [6.45, 7) is 2.86. The molecule has 3 nitrogen and oxygen atoms in total. The predicted molar refractivity (Wildman–Crippen MR) is 49.7 cm³/mol. The molecule has 0 spiro atoms. The number of carbonyl (C=O) groups is 1. The Labute approximate surface area is 77.7 Å². The molecule has 0 unspecified atom stereocenters. The van der Waals surface area contributed by atoms with E-state index in [2.05, 4.69) is 5.10 Å². The normalized spacial score (nSPS) is 17.0. The van der Waals surface area contributed by atoms with Gasteiger partial charge in [0.15, 0.2) is 6.29 Å². The number of aromatic nitrogens is 2. The Morgan fingerprint density at radius 2 is 2.46 bits per heavy atom. The highest BCUT2D eigenvalue weighted by molar-refractivity contribution is 5.75. The fraction of sp³-hybridized carbons (Fsp3) is 0.600. The van der Waals surface area contributed by atoms with Gasteiger partial charge < -0.3 is 0 Å². The molecule has 1 heterocycles. The molecule has 0 saturated heterocycles. The molecule has 13 heavy (non-hydrogen) atoms. The summed E-state index contributed by atoms with van der Waals surface area (Å²) in [7, 11) is 0. The molecule has 0 bridgehead atoms. The summed E-state index contributed by atoms with van der Waals surface area (Å²) >= 11 is 0. The van der Waals surface area contributed by atoms with Crippen molar-refractivity contribution in [3.05, 3.63) is 17.5 Å². The SMILES string of the molecule is Cc1nn(CC2CCC2)cc1C=O. The Kier molecular flexibility index (Phi) is 2.17. The van der Waals surface area contributed by atoms with Crippen LogP contribution >= 0.6 is 0 Å². The van der Waals surface area contributed by atoms with Crippen LogP contribution in [-0.2, 0) is 6.54 Å². The minimum Gasteiger partial charge on any atom is -0.298 e. The van der Waals surface area contributed by atoms with Gasteiger partial charge in [0.05, 0.1) is 11.3 Å². The second-order valence-electron chi connectivity index (χ2n) is 3.81. The molecule has 1 aromatic heterocycles. The molecule has 0 amide bonds. The first-order valence-corrected chi connectivity index (χ1v) is 4.79. The van der Waals surface area contributed by atoms with Gasteiger partial charge in [0, 0.05) is 12.7 Å². The van der Waals surface area contributed by atoms with E-state index in [4.69, 9.17) is 0 Å². The number of nitrogens with zero attached hydrogens (tertiary/aromatic N) is 2. The number of rotatable bonds is 3. The third-order valence-electron chi connectivity index (χ3n) is 2.78. The molecular weight excluding hydrogens is 164 g/mol. The average Bonchev–Trinajstić information content (AvgIpc) is 2.39. The van der Waals surface area contributed by atoms with Crippen molar-refractivity contribution >= 4 is 6.29 Å². The maximum Gasteiger partial charge on any atom is 0.153 e. The van der Waals surface area contributed by atoms with Crippen LogP contribution in [0.5, 0.6) is 0 Å². The lowest BCUT2D eigenvalue weighted by atomic mass is 9.85. The van der Waals surface area contributed by atoms with Gasteiger partial charge in [-0.25, -0.2) is 0 Å². The number of carbonyl (C=O) groups excluding carboxylic acids is 1. The van der Waals surface area contributed by atoms with Crippen molar-refractivity contribution in [2.75, 3.05) is 0 Å². The first-order chi connectivity index (χ1) is 6.29. The molecule has 0 aromatic carbocycles. The van der Waals surface area contributed by atoms with Crippen molar-refractivity contribution in [1.82, 2.24) is 9.78 Å². The van der Waals surface area contributed by atoms with E-state index in [0.717, 1.165) is 30.0 Å². The summed E-state index contributed by atoms with van der Waals surface area (Å²) in [5, 5.41) is 4.29. The van der Waals surface area contributed by atoms with E-state index >= 15 is 0 Å². The van der Waals surface area contributed by atoms with Crippen LogP contribution in [0.4, 0.5) is 0 Å². The second-order valence-corrected chi connectivity index (χ2v) is 3.81. The lowest BCUT2D eigenvalue weighted by Crippen LogP contribution is -2.18. The van der Waals surface area contributed by atoms with Gasteiger partial charge in [-0.3, -0.25) is 9.48 Å². The van der Waals surface area contributed by atoms with Gasteiger partial charge in [0.1, 0.15) is 0 Å². The second kappa shape index (κ2) is 3.32. The third kappa shape index (κ3) is 1.64. The molecule has 1 aliphatic rings. The minimum absolute atomic E-state index is 0.722. The fourth-order valence-corrected chi connectivity index (χ4v) is 1.68. The smallest absolute Gasteiger partial charge is 0.153 e. The molecule has 70 valence electrons. The Balaban J connectivity index is 2.07. The van der Waals surface area contributed by atoms with Crippen LogP contribution in [0.25, 0.3) is 0 Å². The molecule has 2 rings (SSSR count). The Bertz CT molecular complexity index is 313. The predicted octanol–water partition coefficient (Wildman–Crippen LogP) is 1.80. The Morgan fingerprint density at radius 3 is 2.92 bits per heavy atom. The number of aryl methyl sites for hydroxylation is 1. The van der Waals surface area contributed by atoms with E-state index in [1.54, 1.807) is 0 Å². The molecular formula is C10H14N2O. The van der Waals surface area contributed by atoms with Crippen LogP contribution in [0.3, 0.4) is 0 Å². The van der Waals surface area contributed by atoms with Gasteiger partial charge in [-0.05, 0) is 25.7 Å². The monoisotopic (exact) mass is 178 g/mol. The minimum atomic E-state index is 0.722. The Hall–Kier alpha value is -1.12. The summed E-state index contributed by atoms with van der Waals surface area (Å²) < 4.78 is 1.91. The van der Waals surface area contributed by atoms with E-state index in [9.17, 15) is 4.79 Å². The largest absolute Gasteiger partial charge is 0.298 e. The van der Waals surface area contributed by atoms with Gasteiger partial charge in [-0.15, -0.1) is 0 Å². The van der Waals surface area contributed by atoms with E-state index in [1.165, 1.54) is 19.3 Å². The summed E-state index contributed by atoms with van der Waals surface area (Å²) in [6, 6.07) is 0. The average molecular weight is 178 g/mol. The first-order valence-electron chi connectivity index (χ1n) is 4.79. The molecule has 0 radical (unpaired) electrons. The first kappa shape index (κ1) is 8.48. The Morgan fingerprint density at radius 1 is 1.69 bits per heavy atom. The van der Waals surface area contributed by atoms with Crippen LogP contribution in [0, 0.1) is 12.8 Å². The molecule has 1 fully saturated rings. The number of aldehydes is 1. The summed E-state index contributed by atoms with van der Waals surface area (Å²) in [5.41, 5.74) is 1.56. The molecule has 0 N–H and O–H groups in total. The highest BCUT2D eigenvalue weighted by Gasteiger charge is 2.18. The van der Waals surface area contributed by atoms with Crippen molar-refractivity contribution in [3.63, 3.8) is 0 Å². The van der Waals surface area contributed by atoms with Crippen LogP contribution in [0.15, 0.2) is 6.20 Å². The highest BCUT2D eigenvalue weighted by Crippen LogP contribution is 2.27. The standard InChI is InChI=1S/C10H14N2O/c1-8-10(7-13)6-12(11-8)5-9-3-2-4-9/h6-7,9H,2-5H2,1H3. The summed E-state index contributed by atoms with van der Waals surface area (Å²) in [5.74, 6) is 0.791. The number of hydrogen-bond donors (Lipinski definition) is 0. The van der Waals surface area contributed by atoms with Crippen molar-refractivity contribution in [1.29, 1.82) is 0 Å². The van der Waals surface area contributed by atoms with Crippen LogP contribution in [0.2, 0.25) is 0 Å². The zero-order valence-electron chi connectivity index (χ0n) is 7.86. The molecule has 1 aromatic rings. The number of hydrogen-bond acceptors (Lipinski definition) is 2. The maximum absolute atomic E-state index is 10.6. The molecule has 1 saturated carbocycles. The van der Waals surface area contributed by atoms with E-state index in [0.29, 0.717) is 0 Å². The zero-order chi connectivity index (χ0) is 9.26. The van der Waals surface area contributed by atoms with Crippen molar-refractivity contribution in [2.24, 2.45) is 5.92 Å². The lowest BCUT2D eigenvalue weighted by molar-refractivity contribution is 0.112. The quantitative estimate of drug-likeness (QED) is 0.661. The van der Waals surface area contributed by atoms with E-state index < -0.39 is 0 Å². The molecule has 3 heteroatoms. The van der Waals surface area contributed by atoms with Crippen LogP contribution in [-0.4, -0.2) is 16.1 Å². The van der Waals surface area contributed by atoms with Crippen LogP contribution < -0.4 is 0 Å². The fourth-order valence-electron chi connectivity index (χ4n) is 1.68. The highest BCUT2D eigenvalue weighted by atomic mass is 16.1. The molecule has 0 atom stereocenters. The van der Waals surface area contributed by atoms with Gasteiger partial charge in [-0.1, -0.05) is 6.42 Å². The topological polar surface area (TPSA) is 34.9 Å². The van der Waals surface area contributed by atoms with E-state index in [-0.39, 0.29) is 0 Å². The van der Waals surface area contributed by atoms with Crippen molar-refractivity contribution in [3.8, 4) is 0 Å². The molecule has 1 aliphatic carbocycles. The van der Waals surface area contributed by atoms with Gasteiger partial charge in [0.25, 0.3) is 0 Å². The van der Waals surface area contributed by atoms with Crippen LogP contribution in [0.1, 0.15) is 35.3 Å². The molecule has 0 aliphatic heterocycles. The van der Waals surface area contributed by atoms with Gasteiger partial charge in [0.2, 0.25) is 0 Å². The van der Waals surface area contributed by atoms with Crippen molar-refractivity contribution < 1.29 is 4.79 Å². The summed E-state index contributed by atoms with van der Waals surface area (Å²) in [6.07, 6.45) is 6.70. The third-order valence-corrected chi connectivity index (χ3v) is 2.78. The zero-order valence-corrected chi connectivity index (χ0v) is 7.86. The maximum atomic E-state index is 10.6. The summed E-state index contributed by atoms with van der Waals surface area (Å²) in [4.78, 5) is 10.6.